The van der Waals surface area contributed by atoms with Gasteiger partial charge in [0.25, 0.3) is 0 Å². The van der Waals surface area contributed by atoms with Crippen molar-refractivity contribution in [2.45, 2.75) is 6.36 Å². The molecule has 0 atom stereocenters. The molecule has 0 fully saturated rings. The Balaban J connectivity index is 3.18. The fourth-order valence-corrected chi connectivity index (χ4v) is 1.13. The van der Waals surface area contributed by atoms with Crippen molar-refractivity contribution in [2.75, 3.05) is 6.61 Å². The second-order valence-corrected chi connectivity index (χ2v) is 3.06. The Kier molecular flexibility index (Phi) is 4.18. The van der Waals surface area contributed by atoms with E-state index in [1.807, 2.05) is 0 Å². The molecule has 0 heterocycles. The molecule has 7 heteroatoms. The van der Waals surface area contributed by atoms with Gasteiger partial charge in [-0.05, 0) is 18.2 Å². The van der Waals surface area contributed by atoms with Crippen LogP contribution in [-0.2, 0) is 0 Å². The number of benzene rings is 1. The lowest BCUT2D eigenvalue weighted by molar-refractivity contribution is -0.274. The number of aliphatic hydroxyl groups is 1. The number of alkyl halides is 3. The van der Waals surface area contributed by atoms with Crippen LogP contribution < -0.4 is 4.74 Å². The van der Waals surface area contributed by atoms with Crippen LogP contribution in [0.25, 0.3) is 0 Å². The number of carboxylic acids is 1. The van der Waals surface area contributed by atoms with E-state index in [-0.39, 0.29) is 11.1 Å². The Bertz CT molecular complexity index is 511. The SMILES string of the molecule is O=C(O)c1cc(C#CCO)cc(OC(F)(F)F)c1. The molecule has 0 amide bonds. The molecular formula is C11H7F3O4. The van der Waals surface area contributed by atoms with Crippen LogP contribution in [0.5, 0.6) is 5.75 Å². The minimum atomic E-state index is -4.92. The number of carboxylic acid groups (broad SMARTS) is 1. The number of aromatic carboxylic acids is 1. The zero-order valence-electron chi connectivity index (χ0n) is 8.78. The van der Waals surface area contributed by atoms with E-state index in [2.05, 4.69) is 16.6 Å². The number of rotatable bonds is 2. The van der Waals surface area contributed by atoms with E-state index in [1.165, 1.54) is 0 Å². The lowest BCUT2D eigenvalue weighted by Crippen LogP contribution is -2.17. The predicted octanol–water partition coefficient (Wildman–Crippen LogP) is 1.63. The van der Waals surface area contributed by atoms with E-state index < -0.39 is 24.7 Å². The molecule has 0 aliphatic carbocycles. The van der Waals surface area contributed by atoms with Gasteiger partial charge in [-0.2, -0.15) is 0 Å². The quantitative estimate of drug-likeness (QED) is 0.793. The van der Waals surface area contributed by atoms with Crippen molar-refractivity contribution in [3.63, 3.8) is 0 Å². The Hall–Kier alpha value is -2.20. The monoisotopic (exact) mass is 260 g/mol. The highest BCUT2D eigenvalue weighted by Crippen LogP contribution is 2.24. The van der Waals surface area contributed by atoms with Crippen molar-refractivity contribution in [1.29, 1.82) is 0 Å². The molecule has 0 saturated heterocycles. The minimum absolute atomic E-state index is 0.00296. The van der Waals surface area contributed by atoms with Crippen molar-refractivity contribution in [2.24, 2.45) is 0 Å². The molecule has 96 valence electrons. The average Bonchev–Trinajstić information content (AvgIpc) is 2.23. The summed E-state index contributed by atoms with van der Waals surface area (Å²) in [5.74, 6) is 2.42. The van der Waals surface area contributed by atoms with Gasteiger partial charge in [-0.15, -0.1) is 13.2 Å². The molecule has 0 aromatic heterocycles. The van der Waals surface area contributed by atoms with Crippen LogP contribution in [-0.4, -0.2) is 29.2 Å². The molecule has 0 spiro atoms. The van der Waals surface area contributed by atoms with Gasteiger partial charge in [0.2, 0.25) is 0 Å². The van der Waals surface area contributed by atoms with Crippen LogP contribution in [0.3, 0.4) is 0 Å². The van der Waals surface area contributed by atoms with E-state index in [4.69, 9.17) is 10.2 Å². The molecule has 18 heavy (non-hydrogen) atoms. The summed E-state index contributed by atoms with van der Waals surface area (Å²) in [6.45, 7) is -0.493. The smallest absolute Gasteiger partial charge is 0.478 e. The first kappa shape index (κ1) is 13.9. The van der Waals surface area contributed by atoms with E-state index in [9.17, 15) is 18.0 Å². The standard InChI is InChI=1S/C11H7F3O4/c12-11(13,14)18-9-5-7(2-1-3-15)4-8(6-9)10(16)17/h4-6,15H,3H2,(H,16,17). The molecule has 0 bridgehead atoms. The molecule has 0 aliphatic rings. The van der Waals surface area contributed by atoms with Gasteiger partial charge < -0.3 is 14.9 Å². The highest BCUT2D eigenvalue weighted by atomic mass is 19.4. The first-order chi connectivity index (χ1) is 8.31. The van der Waals surface area contributed by atoms with Crippen LogP contribution >= 0.6 is 0 Å². The summed E-state index contributed by atoms with van der Waals surface area (Å²) in [5, 5.41) is 17.2. The maximum Gasteiger partial charge on any atom is 0.573 e. The number of ether oxygens (including phenoxy) is 1. The Labute approximate surface area is 99.6 Å². The van der Waals surface area contributed by atoms with Crippen molar-refractivity contribution in [3.05, 3.63) is 29.3 Å². The number of halogens is 3. The summed E-state index contributed by atoms with van der Waals surface area (Å²) in [6.07, 6.45) is -4.92. The second kappa shape index (κ2) is 5.42. The van der Waals surface area contributed by atoms with E-state index in [0.29, 0.717) is 0 Å². The van der Waals surface area contributed by atoms with Gasteiger partial charge in [0, 0.05) is 5.56 Å². The molecule has 0 aliphatic heterocycles. The summed E-state index contributed by atoms with van der Waals surface area (Å²) in [5.41, 5.74) is -0.387. The van der Waals surface area contributed by atoms with E-state index in [1.54, 1.807) is 0 Å². The molecule has 1 aromatic rings. The third-order valence-corrected chi connectivity index (χ3v) is 1.70. The fraction of sp³-hybridized carbons (Fsp3) is 0.182. The predicted molar refractivity (Wildman–Crippen MR) is 54.0 cm³/mol. The summed E-state index contributed by atoms with van der Waals surface area (Å²) in [7, 11) is 0. The fourth-order valence-electron chi connectivity index (χ4n) is 1.13. The van der Waals surface area contributed by atoms with Gasteiger partial charge in [-0.3, -0.25) is 0 Å². The number of hydrogen-bond donors (Lipinski definition) is 2. The van der Waals surface area contributed by atoms with Gasteiger partial charge in [0.15, 0.2) is 0 Å². The summed E-state index contributed by atoms with van der Waals surface area (Å²) < 4.78 is 39.7. The molecular weight excluding hydrogens is 253 g/mol. The van der Waals surface area contributed by atoms with Gasteiger partial charge in [0.1, 0.15) is 12.4 Å². The number of aliphatic hydroxyl groups excluding tert-OH is 1. The molecule has 1 aromatic carbocycles. The second-order valence-electron chi connectivity index (χ2n) is 3.06. The highest BCUT2D eigenvalue weighted by Gasteiger charge is 2.31. The zero-order chi connectivity index (χ0) is 13.8. The maximum absolute atomic E-state index is 12.0. The van der Waals surface area contributed by atoms with Crippen LogP contribution in [0.1, 0.15) is 15.9 Å². The lowest BCUT2D eigenvalue weighted by atomic mass is 10.1. The molecule has 2 N–H and O–H groups in total. The first-order valence-electron chi connectivity index (χ1n) is 4.55. The Morgan fingerprint density at radius 3 is 2.50 bits per heavy atom. The van der Waals surface area contributed by atoms with E-state index in [0.717, 1.165) is 18.2 Å². The molecule has 4 nitrogen and oxygen atoms in total. The summed E-state index contributed by atoms with van der Waals surface area (Å²) in [4.78, 5) is 10.7. The largest absolute Gasteiger partial charge is 0.573 e. The van der Waals surface area contributed by atoms with Gasteiger partial charge in [-0.1, -0.05) is 11.8 Å². The minimum Gasteiger partial charge on any atom is -0.478 e. The Morgan fingerprint density at radius 2 is 2.00 bits per heavy atom. The van der Waals surface area contributed by atoms with E-state index >= 15 is 0 Å². The van der Waals surface area contributed by atoms with Crippen LogP contribution in [0, 0.1) is 11.8 Å². The normalized spacial score (nSPS) is 10.4. The highest BCUT2D eigenvalue weighted by molar-refractivity contribution is 5.88. The van der Waals surface area contributed by atoms with Crippen LogP contribution in [0.4, 0.5) is 13.2 Å². The third kappa shape index (κ3) is 4.35. The Morgan fingerprint density at radius 1 is 1.33 bits per heavy atom. The first-order valence-corrected chi connectivity index (χ1v) is 4.55. The topological polar surface area (TPSA) is 66.8 Å². The third-order valence-electron chi connectivity index (χ3n) is 1.70. The molecule has 0 unspecified atom stereocenters. The maximum atomic E-state index is 12.0. The van der Waals surface area contributed by atoms with Crippen LogP contribution in [0.15, 0.2) is 18.2 Å². The number of hydrogen-bond acceptors (Lipinski definition) is 3. The lowest BCUT2D eigenvalue weighted by Gasteiger charge is -2.09. The number of carbonyl (C=O) groups is 1. The van der Waals surface area contributed by atoms with Crippen LogP contribution in [0.2, 0.25) is 0 Å². The summed E-state index contributed by atoms with van der Waals surface area (Å²) >= 11 is 0. The van der Waals surface area contributed by atoms with Crippen molar-refractivity contribution < 1.29 is 32.9 Å². The van der Waals surface area contributed by atoms with Crippen molar-refractivity contribution in [1.82, 2.24) is 0 Å². The molecule has 0 saturated carbocycles. The van der Waals surface area contributed by atoms with Gasteiger partial charge in [-0.25, -0.2) is 4.79 Å². The van der Waals surface area contributed by atoms with Gasteiger partial charge in [0.05, 0.1) is 5.56 Å². The molecule has 1 rings (SSSR count). The van der Waals surface area contributed by atoms with Gasteiger partial charge >= 0.3 is 12.3 Å². The van der Waals surface area contributed by atoms with Crippen molar-refractivity contribution in [3.8, 4) is 17.6 Å². The molecule has 0 radical (unpaired) electrons. The summed E-state index contributed by atoms with van der Waals surface area (Å²) in [6, 6.07) is 2.75. The van der Waals surface area contributed by atoms with Crippen molar-refractivity contribution >= 4 is 5.97 Å². The average molecular weight is 260 g/mol. The zero-order valence-corrected chi connectivity index (χ0v) is 8.78.